The SMILES string of the molecule is C=CCOC(=O)C(=C)C(=O)Cc1ccco1. The van der Waals surface area contributed by atoms with Gasteiger partial charge in [-0.3, -0.25) is 4.79 Å². The van der Waals surface area contributed by atoms with Crippen LogP contribution in [0.4, 0.5) is 0 Å². The molecule has 0 aliphatic carbocycles. The highest BCUT2D eigenvalue weighted by Gasteiger charge is 2.17. The van der Waals surface area contributed by atoms with Crippen molar-refractivity contribution in [3.05, 3.63) is 49.0 Å². The van der Waals surface area contributed by atoms with Crippen LogP contribution in [0.15, 0.2) is 47.6 Å². The summed E-state index contributed by atoms with van der Waals surface area (Å²) in [5.41, 5.74) is -0.182. The van der Waals surface area contributed by atoms with Gasteiger partial charge < -0.3 is 9.15 Å². The maximum atomic E-state index is 11.5. The molecule has 0 aliphatic heterocycles. The van der Waals surface area contributed by atoms with Gasteiger partial charge in [-0.15, -0.1) is 0 Å². The van der Waals surface area contributed by atoms with E-state index in [1.54, 1.807) is 12.1 Å². The maximum absolute atomic E-state index is 11.5. The van der Waals surface area contributed by atoms with E-state index in [1.165, 1.54) is 12.3 Å². The average Bonchev–Trinajstić information content (AvgIpc) is 2.77. The van der Waals surface area contributed by atoms with E-state index in [0.717, 1.165) is 0 Å². The van der Waals surface area contributed by atoms with Crippen molar-refractivity contribution in [2.45, 2.75) is 6.42 Å². The van der Waals surface area contributed by atoms with Gasteiger partial charge >= 0.3 is 5.97 Å². The van der Waals surface area contributed by atoms with Crippen molar-refractivity contribution in [1.82, 2.24) is 0 Å². The Kier molecular flexibility index (Phi) is 4.27. The number of ether oxygens (including phenoxy) is 1. The normalized spacial score (nSPS) is 9.50. The summed E-state index contributed by atoms with van der Waals surface area (Å²) in [6, 6.07) is 3.32. The molecule has 1 aromatic heterocycles. The first-order valence-electron chi connectivity index (χ1n) is 4.67. The van der Waals surface area contributed by atoms with Crippen LogP contribution in [0.25, 0.3) is 0 Å². The number of carbonyl (C=O) groups is 2. The third-order valence-corrected chi connectivity index (χ3v) is 1.83. The standard InChI is InChI=1S/C12H12O4/c1-3-6-16-12(14)9(2)11(13)8-10-5-4-7-15-10/h3-5,7H,1-2,6,8H2. The topological polar surface area (TPSA) is 56.5 Å². The Morgan fingerprint density at radius 3 is 2.81 bits per heavy atom. The molecule has 1 rings (SSSR count). The lowest BCUT2D eigenvalue weighted by Crippen LogP contribution is -2.16. The zero-order chi connectivity index (χ0) is 12.0. The Bertz CT molecular complexity index is 401. The first kappa shape index (κ1) is 12.0. The number of hydrogen-bond acceptors (Lipinski definition) is 4. The van der Waals surface area contributed by atoms with Crippen molar-refractivity contribution in [1.29, 1.82) is 0 Å². The molecular weight excluding hydrogens is 208 g/mol. The average molecular weight is 220 g/mol. The summed E-state index contributed by atoms with van der Waals surface area (Å²) in [4.78, 5) is 22.8. The van der Waals surface area contributed by atoms with Crippen LogP contribution in [-0.4, -0.2) is 18.4 Å². The monoisotopic (exact) mass is 220 g/mol. The fourth-order valence-corrected chi connectivity index (χ4v) is 1.01. The molecule has 0 spiro atoms. The Morgan fingerprint density at radius 2 is 2.25 bits per heavy atom. The zero-order valence-corrected chi connectivity index (χ0v) is 8.77. The molecule has 0 saturated heterocycles. The fraction of sp³-hybridized carbons (Fsp3) is 0.167. The number of rotatable bonds is 6. The molecule has 0 saturated carbocycles. The van der Waals surface area contributed by atoms with Crippen molar-refractivity contribution in [3.8, 4) is 0 Å². The molecule has 4 nitrogen and oxygen atoms in total. The van der Waals surface area contributed by atoms with Gasteiger partial charge in [-0.1, -0.05) is 19.2 Å². The van der Waals surface area contributed by atoms with Gasteiger partial charge in [0, 0.05) is 0 Å². The van der Waals surface area contributed by atoms with Crippen LogP contribution in [-0.2, 0) is 20.7 Å². The number of ketones is 1. The van der Waals surface area contributed by atoms with Crippen LogP contribution in [0.5, 0.6) is 0 Å². The molecule has 1 aromatic rings. The Labute approximate surface area is 93.2 Å². The molecule has 0 bridgehead atoms. The van der Waals surface area contributed by atoms with Gasteiger partial charge in [-0.25, -0.2) is 4.79 Å². The third-order valence-electron chi connectivity index (χ3n) is 1.83. The molecule has 0 N–H and O–H groups in total. The molecule has 0 aromatic carbocycles. The second kappa shape index (κ2) is 5.70. The van der Waals surface area contributed by atoms with Crippen molar-refractivity contribution < 1.29 is 18.7 Å². The lowest BCUT2D eigenvalue weighted by atomic mass is 10.1. The van der Waals surface area contributed by atoms with E-state index in [2.05, 4.69) is 17.9 Å². The molecule has 0 aliphatic rings. The second-order valence-electron chi connectivity index (χ2n) is 3.05. The summed E-state index contributed by atoms with van der Waals surface area (Å²) in [6.45, 7) is 6.84. The molecule has 84 valence electrons. The first-order valence-corrected chi connectivity index (χ1v) is 4.67. The van der Waals surface area contributed by atoms with Crippen LogP contribution >= 0.6 is 0 Å². The summed E-state index contributed by atoms with van der Waals surface area (Å²) < 4.78 is 9.67. The molecular formula is C12H12O4. The van der Waals surface area contributed by atoms with Crippen LogP contribution in [0.2, 0.25) is 0 Å². The highest BCUT2D eigenvalue weighted by Crippen LogP contribution is 2.06. The molecule has 0 atom stereocenters. The lowest BCUT2D eigenvalue weighted by Gasteiger charge is -2.03. The molecule has 0 unspecified atom stereocenters. The Hall–Kier alpha value is -2.10. The number of hydrogen-bond donors (Lipinski definition) is 0. The van der Waals surface area contributed by atoms with E-state index in [4.69, 9.17) is 4.42 Å². The lowest BCUT2D eigenvalue weighted by molar-refractivity contribution is -0.139. The summed E-state index contributed by atoms with van der Waals surface area (Å²) in [6.07, 6.45) is 2.89. The molecule has 4 heteroatoms. The van der Waals surface area contributed by atoms with Crippen molar-refractivity contribution in [3.63, 3.8) is 0 Å². The number of carbonyl (C=O) groups excluding carboxylic acids is 2. The van der Waals surface area contributed by atoms with Crippen molar-refractivity contribution in [2.24, 2.45) is 0 Å². The van der Waals surface area contributed by atoms with Crippen LogP contribution in [0, 0.1) is 0 Å². The number of furan rings is 1. The van der Waals surface area contributed by atoms with Gasteiger partial charge in [0.2, 0.25) is 0 Å². The smallest absolute Gasteiger partial charge is 0.341 e. The van der Waals surface area contributed by atoms with E-state index in [-0.39, 0.29) is 18.6 Å². The Balaban J connectivity index is 2.50. The van der Waals surface area contributed by atoms with E-state index in [1.807, 2.05) is 0 Å². The minimum atomic E-state index is -0.726. The first-order chi connectivity index (χ1) is 7.65. The quantitative estimate of drug-likeness (QED) is 0.240. The van der Waals surface area contributed by atoms with E-state index < -0.39 is 11.8 Å². The van der Waals surface area contributed by atoms with E-state index in [0.29, 0.717) is 5.76 Å². The summed E-state index contributed by atoms with van der Waals surface area (Å²) in [5, 5.41) is 0. The summed E-state index contributed by atoms with van der Waals surface area (Å²) in [7, 11) is 0. The van der Waals surface area contributed by atoms with Gasteiger partial charge in [0.05, 0.1) is 18.3 Å². The van der Waals surface area contributed by atoms with Gasteiger partial charge in [-0.2, -0.15) is 0 Å². The van der Waals surface area contributed by atoms with Crippen LogP contribution in [0.1, 0.15) is 5.76 Å². The highest BCUT2D eigenvalue weighted by atomic mass is 16.5. The van der Waals surface area contributed by atoms with Gasteiger partial charge in [-0.05, 0) is 12.1 Å². The molecule has 16 heavy (non-hydrogen) atoms. The van der Waals surface area contributed by atoms with Crippen LogP contribution in [0.3, 0.4) is 0 Å². The van der Waals surface area contributed by atoms with Crippen molar-refractivity contribution in [2.75, 3.05) is 6.61 Å². The number of esters is 1. The highest BCUT2D eigenvalue weighted by molar-refractivity contribution is 6.17. The minimum Gasteiger partial charge on any atom is -0.469 e. The predicted molar refractivity (Wildman–Crippen MR) is 57.7 cm³/mol. The molecule has 0 fully saturated rings. The van der Waals surface area contributed by atoms with E-state index >= 15 is 0 Å². The van der Waals surface area contributed by atoms with Crippen molar-refractivity contribution >= 4 is 11.8 Å². The van der Waals surface area contributed by atoms with Crippen LogP contribution < -0.4 is 0 Å². The summed E-state index contributed by atoms with van der Waals surface area (Å²) in [5.74, 6) is -0.650. The largest absolute Gasteiger partial charge is 0.469 e. The molecule has 1 heterocycles. The molecule has 0 amide bonds. The maximum Gasteiger partial charge on any atom is 0.341 e. The van der Waals surface area contributed by atoms with Gasteiger partial charge in [0.25, 0.3) is 0 Å². The second-order valence-corrected chi connectivity index (χ2v) is 3.05. The predicted octanol–water partition coefficient (Wildman–Crippen LogP) is 1.68. The summed E-state index contributed by atoms with van der Waals surface area (Å²) >= 11 is 0. The third kappa shape index (κ3) is 3.24. The minimum absolute atomic E-state index is 0.00895. The van der Waals surface area contributed by atoms with Gasteiger partial charge in [0.1, 0.15) is 12.4 Å². The van der Waals surface area contributed by atoms with E-state index in [9.17, 15) is 9.59 Å². The van der Waals surface area contributed by atoms with Gasteiger partial charge in [0.15, 0.2) is 5.78 Å². The Morgan fingerprint density at radius 1 is 1.50 bits per heavy atom. The molecule has 0 radical (unpaired) electrons. The number of Topliss-reactive ketones (excluding diaryl/α,β-unsaturated/α-hetero) is 1. The fourth-order valence-electron chi connectivity index (χ4n) is 1.01. The zero-order valence-electron chi connectivity index (χ0n) is 8.77.